The van der Waals surface area contributed by atoms with Crippen molar-refractivity contribution in [2.75, 3.05) is 0 Å². The Labute approximate surface area is 128 Å². The average Bonchev–Trinajstić information content (AvgIpc) is 2.90. The van der Waals surface area contributed by atoms with E-state index in [-0.39, 0.29) is 0 Å². The Kier molecular flexibility index (Phi) is 11.1. The first kappa shape index (κ1) is 17.8. The minimum Gasteiger partial charge on any atom is -0.0885 e. The lowest BCUT2D eigenvalue weighted by atomic mass is 9.87. The first-order valence-electron chi connectivity index (χ1n) is 9.53. The third-order valence-corrected chi connectivity index (χ3v) is 5.07. The van der Waals surface area contributed by atoms with Gasteiger partial charge in [0.15, 0.2) is 0 Å². The van der Waals surface area contributed by atoms with E-state index in [0.717, 1.165) is 11.8 Å². The predicted octanol–water partition coefficient (Wildman–Crippen LogP) is 7.29. The van der Waals surface area contributed by atoms with E-state index < -0.39 is 0 Å². The average molecular weight is 279 g/mol. The van der Waals surface area contributed by atoms with Crippen LogP contribution in [0.1, 0.15) is 104 Å². The molecule has 0 amide bonds. The van der Waals surface area contributed by atoms with Crippen molar-refractivity contribution in [2.45, 2.75) is 104 Å². The molecule has 0 aliphatic heterocycles. The highest BCUT2D eigenvalue weighted by atomic mass is 14.3. The third kappa shape index (κ3) is 8.12. The van der Waals surface area contributed by atoms with Gasteiger partial charge in [0, 0.05) is 0 Å². The molecule has 0 saturated heterocycles. The summed E-state index contributed by atoms with van der Waals surface area (Å²) in [6, 6.07) is 0. The molecule has 0 N–H and O–H groups in total. The summed E-state index contributed by atoms with van der Waals surface area (Å²) in [7, 11) is 0. The van der Waals surface area contributed by atoms with Crippen molar-refractivity contribution in [3.05, 3.63) is 12.2 Å². The fourth-order valence-corrected chi connectivity index (χ4v) is 3.77. The Morgan fingerprint density at radius 2 is 1.35 bits per heavy atom. The van der Waals surface area contributed by atoms with Gasteiger partial charge in [-0.25, -0.2) is 0 Å². The van der Waals surface area contributed by atoms with E-state index in [1.54, 1.807) is 0 Å². The number of hydrogen-bond donors (Lipinski definition) is 0. The molecule has 0 bridgehead atoms. The number of hydrogen-bond acceptors (Lipinski definition) is 0. The molecule has 0 aromatic heterocycles. The quantitative estimate of drug-likeness (QED) is 0.260. The van der Waals surface area contributed by atoms with Gasteiger partial charge in [-0.15, -0.1) is 0 Å². The van der Waals surface area contributed by atoms with Crippen molar-refractivity contribution in [1.82, 2.24) is 0 Å². The van der Waals surface area contributed by atoms with Gasteiger partial charge >= 0.3 is 0 Å². The maximum Gasteiger partial charge on any atom is -0.0348 e. The monoisotopic (exact) mass is 278 g/mol. The van der Waals surface area contributed by atoms with Crippen LogP contribution in [0.25, 0.3) is 0 Å². The molecule has 0 nitrogen and oxygen atoms in total. The number of rotatable bonds is 12. The van der Waals surface area contributed by atoms with Gasteiger partial charge in [0.25, 0.3) is 0 Å². The van der Waals surface area contributed by atoms with E-state index in [1.165, 1.54) is 89.9 Å². The predicted molar refractivity (Wildman–Crippen MR) is 92.1 cm³/mol. The second-order valence-electron chi connectivity index (χ2n) is 6.84. The van der Waals surface area contributed by atoms with Crippen LogP contribution in [0.3, 0.4) is 0 Å². The molecule has 0 heterocycles. The highest BCUT2D eigenvalue weighted by Crippen LogP contribution is 2.38. The summed E-state index contributed by atoms with van der Waals surface area (Å²) >= 11 is 0. The van der Waals surface area contributed by atoms with Crippen LogP contribution in [0.2, 0.25) is 0 Å². The van der Waals surface area contributed by atoms with Gasteiger partial charge in [-0.3, -0.25) is 0 Å². The molecule has 0 unspecified atom stereocenters. The molecule has 2 atom stereocenters. The fraction of sp³-hybridized carbons (Fsp3) is 0.900. The molecule has 1 aliphatic carbocycles. The zero-order valence-electron chi connectivity index (χ0n) is 14.2. The van der Waals surface area contributed by atoms with Crippen molar-refractivity contribution < 1.29 is 0 Å². The second kappa shape index (κ2) is 12.5. The maximum atomic E-state index is 2.43. The van der Waals surface area contributed by atoms with Gasteiger partial charge in [-0.2, -0.15) is 0 Å². The Morgan fingerprint density at radius 3 is 2.10 bits per heavy atom. The Hall–Kier alpha value is -0.260. The summed E-state index contributed by atoms with van der Waals surface area (Å²) in [6.45, 7) is 4.57. The van der Waals surface area contributed by atoms with Crippen molar-refractivity contribution in [3.8, 4) is 0 Å². The fourth-order valence-electron chi connectivity index (χ4n) is 3.77. The van der Waals surface area contributed by atoms with E-state index >= 15 is 0 Å². The highest BCUT2D eigenvalue weighted by molar-refractivity contribution is 4.85. The van der Waals surface area contributed by atoms with E-state index in [9.17, 15) is 0 Å². The third-order valence-electron chi connectivity index (χ3n) is 5.07. The van der Waals surface area contributed by atoms with Crippen LogP contribution in [-0.4, -0.2) is 0 Å². The Balaban J connectivity index is 2.05. The topological polar surface area (TPSA) is 0 Å². The number of unbranched alkanes of at least 4 members (excludes halogenated alkanes) is 6. The van der Waals surface area contributed by atoms with Crippen LogP contribution >= 0.6 is 0 Å². The standard InChI is InChI=1S/C20H38/c1-3-5-7-9-11-13-16-20-18-14-17-19(20)15-12-10-8-6-4-2/h8,10,19-20H,3-7,9,11-18H2,1-2H3/t19-,20-/m0/s1. The van der Waals surface area contributed by atoms with E-state index in [1.807, 2.05) is 0 Å². The zero-order chi connectivity index (χ0) is 14.5. The molecule has 1 fully saturated rings. The van der Waals surface area contributed by atoms with Gasteiger partial charge in [0.1, 0.15) is 0 Å². The van der Waals surface area contributed by atoms with Crippen molar-refractivity contribution >= 4 is 0 Å². The Bertz CT molecular complexity index is 228. The molecular formula is C20H38. The minimum atomic E-state index is 1.05. The molecule has 0 aromatic rings. The zero-order valence-corrected chi connectivity index (χ0v) is 14.2. The van der Waals surface area contributed by atoms with Gasteiger partial charge in [-0.1, -0.05) is 96.6 Å². The summed E-state index contributed by atoms with van der Waals surface area (Å²) in [6.07, 6.45) is 25.0. The van der Waals surface area contributed by atoms with Crippen molar-refractivity contribution in [2.24, 2.45) is 11.8 Å². The molecule has 20 heavy (non-hydrogen) atoms. The molecule has 1 rings (SSSR count). The summed E-state index contributed by atoms with van der Waals surface area (Å²) in [5, 5.41) is 0. The molecule has 0 spiro atoms. The van der Waals surface area contributed by atoms with Crippen LogP contribution in [0.15, 0.2) is 12.2 Å². The molecule has 0 radical (unpaired) electrons. The molecule has 0 aromatic carbocycles. The SMILES string of the molecule is CCCC=CCC[C@H]1CCC[C@@H]1CCCCCCCC. The van der Waals surface area contributed by atoms with Crippen LogP contribution in [-0.2, 0) is 0 Å². The maximum absolute atomic E-state index is 2.43. The van der Waals surface area contributed by atoms with Gasteiger partial charge < -0.3 is 0 Å². The first-order valence-corrected chi connectivity index (χ1v) is 9.53. The van der Waals surface area contributed by atoms with Crippen molar-refractivity contribution in [1.29, 1.82) is 0 Å². The highest BCUT2D eigenvalue weighted by Gasteiger charge is 2.25. The largest absolute Gasteiger partial charge is 0.0885 e. The molecular weight excluding hydrogens is 240 g/mol. The van der Waals surface area contributed by atoms with Gasteiger partial charge in [0.2, 0.25) is 0 Å². The van der Waals surface area contributed by atoms with Crippen LogP contribution < -0.4 is 0 Å². The van der Waals surface area contributed by atoms with E-state index in [0.29, 0.717) is 0 Å². The van der Waals surface area contributed by atoms with Crippen LogP contribution in [0, 0.1) is 11.8 Å². The molecule has 1 saturated carbocycles. The Morgan fingerprint density at radius 1 is 0.700 bits per heavy atom. The normalized spacial score (nSPS) is 22.9. The van der Waals surface area contributed by atoms with Crippen LogP contribution in [0.4, 0.5) is 0 Å². The first-order chi connectivity index (χ1) is 9.88. The molecule has 0 heteroatoms. The lowest BCUT2D eigenvalue weighted by molar-refractivity contribution is 0.334. The van der Waals surface area contributed by atoms with Gasteiger partial charge in [0.05, 0.1) is 0 Å². The second-order valence-corrected chi connectivity index (χ2v) is 6.84. The van der Waals surface area contributed by atoms with Crippen molar-refractivity contribution in [3.63, 3.8) is 0 Å². The summed E-state index contributed by atoms with van der Waals surface area (Å²) in [4.78, 5) is 0. The minimum absolute atomic E-state index is 1.05. The summed E-state index contributed by atoms with van der Waals surface area (Å²) < 4.78 is 0. The lowest BCUT2D eigenvalue weighted by Crippen LogP contribution is -2.07. The summed E-state index contributed by atoms with van der Waals surface area (Å²) in [5.41, 5.74) is 0. The smallest absolute Gasteiger partial charge is 0.0348 e. The van der Waals surface area contributed by atoms with Crippen LogP contribution in [0.5, 0.6) is 0 Å². The van der Waals surface area contributed by atoms with Gasteiger partial charge in [-0.05, 0) is 31.1 Å². The summed E-state index contributed by atoms with van der Waals surface area (Å²) in [5.74, 6) is 2.12. The molecule has 1 aliphatic rings. The number of allylic oxidation sites excluding steroid dienone is 2. The molecule has 118 valence electrons. The van der Waals surface area contributed by atoms with E-state index in [2.05, 4.69) is 26.0 Å². The van der Waals surface area contributed by atoms with E-state index in [4.69, 9.17) is 0 Å². The lowest BCUT2D eigenvalue weighted by Gasteiger charge is -2.18.